The first kappa shape index (κ1) is 18.0. The summed E-state index contributed by atoms with van der Waals surface area (Å²) in [4.78, 5) is 20.5. The summed E-state index contributed by atoms with van der Waals surface area (Å²) < 4.78 is 0. The molecule has 2 aromatic heterocycles. The summed E-state index contributed by atoms with van der Waals surface area (Å²) >= 11 is 1.39. The quantitative estimate of drug-likeness (QED) is 0.734. The zero-order valence-electron chi connectivity index (χ0n) is 13.1. The number of nitrogens with one attached hydrogen (secondary N) is 2. The lowest BCUT2D eigenvalue weighted by molar-refractivity contribution is 0.249. The number of hydrogen-bond acceptors (Lipinski definition) is 4. The molecule has 0 spiro atoms. The number of carbonyl (C=O) groups excluding carboxylic acids is 1. The normalized spacial score (nSPS) is 11.2. The zero-order chi connectivity index (χ0) is 16.1. The smallest absolute Gasteiger partial charge is 0.321 e. The van der Waals surface area contributed by atoms with Gasteiger partial charge in [0.25, 0.3) is 0 Å². The third-order valence-corrected chi connectivity index (χ3v) is 4.11. The fourth-order valence-electron chi connectivity index (χ4n) is 2.14. The Kier molecular flexibility index (Phi) is 6.34. The Morgan fingerprint density at radius 3 is 2.54 bits per heavy atom. The van der Waals surface area contributed by atoms with Crippen molar-refractivity contribution in [3.05, 3.63) is 65.8 Å². The molecule has 3 rings (SSSR count). The van der Waals surface area contributed by atoms with Gasteiger partial charge in [-0.2, -0.15) is 13.5 Å². The van der Waals surface area contributed by atoms with Crippen LogP contribution in [-0.4, -0.2) is 16.0 Å². The number of aromatic nitrogens is 2. The molecule has 0 aliphatic heterocycles. The second kappa shape index (κ2) is 8.47. The number of nitrogens with zero attached hydrogens (tertiary/aromatic N) is 2. The van der Waals surface area contributed by atoms with E-state index in [2.05, 4.69) is 20.6 Å². The lowest BCUT2D eigenvalue weighted by Crippen LogP contribution is -2.31. The van der Waals surface area contributed by atoms with E-state index in [0.717, 1.165) is 16.8 Å². The Bertz CT molecular complexity index is 778. The van der Waals surface area contributed by atoms with Crippen molar-refractivity contribution in [1.82, 2.24) is 15.3 Å². The average Bonchev–Trinajstić information content (AvgIpc) is 3.04. The van der Waals surface area contributed by atoms with Crippen molar-refractivity contribution in [3.63, 3.8) is 0 Å². The molecule has 2 N–H and O–H groups in total. The van der Waals surface area contributed by atoms with Crippen LogP contribution in [0.3, 0.4) is 0 Å². The molecule has 7 heteroatoms. The van der Waals surface area contributed by atoms with Crippen LogP contribution in [0.15, 0.2) is 60.2 Å². The molecule has 0 saturated heterocycles. The molecule has 0 unspecified atom stereocenters. The van der Waals surface area contributed by atoms with Crippen LogP contribution >= 0.6 is 24.8 Å². The third kappa shape index (κ3) is 4.56. The molecule has 0 aliphatic carbocycles. The predicted molar refractivity (Wildman–Crippen MR) is 103 cm³/mol. The molecule has 3 aromatic rings. The van der Waals surface area contributed by atoms with Crippen molar-refractivity contribution in [3.8, 4) is 11.3 Å². The maximum Gasteiger partial charge on any atom is 0.321 e. The van der Waals surface area contributed by atoms with E-state index in [9.17, 15) is 4.79 Å². The highest BCUT2D eigenvalue weighted by molar-refractivity contribution is 7.59. The van der Waals surface area contributed by atoms with E-state index in [-0.39, 0.29) is 25.6 Å². The van der Waals surface area contributed by atoms with Crippen molar-refractivity contribution < 1.29 is 4.79 Å². The van der Waals surface area contributed by atoms with E-state index in [0.29, 0.717) is 5.13 Å². The number of thiazole rings is 1. The summed E-state index contributed by atoms with van der Waals surface area (Å²) in [5.74, 6) is 0. The molecule has 0 aliphatic rings. The molecule has 0 bridgehead atoms. The number of hydrogen-bond donors (Lipinski definition) is 2. The minimum Gasteiger partial charge on any atom is -0.331 e. The number of amides is 2. The molecule has 1 atom stereocenters. The van der Waals surface area contributed by atoms with Crippen LogP contribution in [0.25, 0.3) is 11.3 Å². The largest absolute Gasteiger partial charge is 0.331 e. The fraction of sp³-hybridized carbons (Fsp3) is 0.118. The molecule has 2 amide bonds. The number of pyridine rings is 1. The molecule has 0 saturated carbocycles. The number of urea groups is 1. The highest BCUT2D eigenvalue weighted by Gasteiger charge is 2.11. The Balaban J connectivity index is 0.00000208. The van der Waals surface area contributed by atoms with E-state index < -0.39 is 0 Å². The molecule has 0 radical (unpaired) electrons. The van der Waals surface area contributed by atoms with E-state index >= 15 is 0 Å². The minimum absolute atomic E-state index is 0. The standard InChI is InChI=1S/C17H16N4OS.H2S/c1-12(13-5-3-2-4-6-13)19-16(22)21-17-20-15(11-23-17)14-7-9-18-10-8-14;/h2-12H,1H3,(H2,19,20,21,22);1H2/t12-;/m0./s1. The van der Waals surface area contributed by atoms with Gasteiger partial charge in [0, 0.05) is 23.3 Å². The van der Waals surface area contributed by atoms with Crippen LogP contribution in [0.1, 0.15) is 18.5 Å². The summed E-state index contributed by atoms with van der Waals surface area (Å²) in [6.07, 6.45) is 3.44. The van der Waals surface area contributed by atoms with Gasteiger partial charge in [-0.25, -0.2) is 9.78 Å². The molecular formula is C17H18N4OS2. The maximum atomic E-state index is 12.1. The Labute approximate surface area is 151 Å². The van der Waals surface area contributed by atoms with Crippen molar-refractivity contribution >= 4 is 36.0 Å². The van der Waals surface area contributed by atoms with Gasteiger partial charge in [0.2, 0.25) is 0 Å². The van der Waals surface area contributed by atoms with Crippen LogP contribution in [0, 0.1) is 0 Å². The lowest BCUT2D eigenvalue weighted by atomic mass is 10.1. The van der Waals surface area contributed by atoms with Crippen LogP contribution in [0.4, 0.5) is 9.93 Å². The number of benzene rings is 1. The summed E-state index contributed by atoms with van der Waals surface area (Å²) in [5, 5.41) is 8.15. The molecular weight excluding hydrogens is 340 g/mol. The first-order valence-electron chi connectivity index (χ1n) is 7.21. The molecule has 2 heterocycles. The van der Waals surface area contributed by atoms with Gasteiger partial charge in [0.1, 0.15) is 0 Å². The van der Waals surface area contributed by atoms with E-state index in [1.165, 1.54) is 11.3 Å². The maximum absolute atomic E-state index is 12.1. The monoisotopic (exact) mass is 358 g/mol. The highest BCUT2D eigenvalue weighted by atomic mass is 32.1. The van der Waals surface area contributed by atoms with E-state index in [1.54, 1.807) is 12.4 Å². The Morgan fingerprint density at radius 1 is 1.12 bits per heavy atom. The van der Waals surface area contributed by atoms with Gasteiger partial charge < -0.3 is 5.32 Å². The Morgan fingerprint density at radius 2 is 1.83 bits per heavy atom. The van der Waals surface area contributed by atoms with Crippen LogP contribution < -0.4 is 10.6 Å². The first-order chi connectivity index (χ1) is 11.2. The van der Waals surface area contributed by atoms with Crippen LogP contribution in [0.5, 0.6) is 0 Å². The van der Waals surface area contributed by atoms with Crippen molar-refractivity contribution in [2.24, 2.45) is 0 Å². The van der Waals surface area contributed by atoms with Gasteiger partial charge in [0.15, 0.2) is 5.13 Å². The summed E-state index contributed by atoms with van der Waals surface area (Å²) in [6.45, 7) is 1.94. The van der Waals surface area contributed by atoms with Gasteiger partial charge >= 0.3 is 6.03 Å². The van der Waals surface area contributed by atoms with Crippen molar-refractivity contribution in [2.45, 2.75) is 13.0 Å². The van der Waals surface area contributed by atoms with Crippen LogP contribution in [-0.2, 0) is 0 Å². The number of rotatable bonds is 4. The molecule has 24 heavy (non-hydrogen) atoms. The zero-order valence-corrected chi connectivity index (χ0v) is 14.9. The molecule has 1 aromatic carbocycles. The van der Waals surface area contributed by atoms with Crippen molar-refractivity contribution in [2.75, 3.05) is 5.32 Å². The van der Waals surface area contributed by atoms with Crippen molar-refractivity contribution in [1.29, 1.82) is 0 Å². The first-order valence-corrected chi connectivity index (χ1v) is 8.09. The van der Waals surface area contributed by atoms with Gasteiger partial charge in [-0.05, 0) is 24.6 Å². The van der Waals surface area contributed by atoms with E-state index in [4.69, 9.17) is 0 Å². The third-order valence-electron chi connectivity index (χ3n) is 3.35. The number of carbonyl (C=O) groups is 1. The van der Waals surface area contributed by atoms with Gasteiger partial charge in [-0.15, -0.1) is 11.3 Å². The van der Waals surface area contributed by atoms with Gasteiger partial charge in [-0.1, -0.05) is 30.3 Å². The highest BCUT2D eigenvalue weighted by Crippen LogP contribution is 2.24. The second-order valence-corrected chi connectivity index (χ2v) is 5.86. The van der Waals surface area contributed by atoms with Gasteiger partial charge in [-0.3, -0.25) is 10.3 Å². The summed E-state index contributed by atoms with van der Waals surface area (Å²) in [6, 6.07) is 13.2. The van der Waals surface area contributed by atoms with E-state index in [1.807, 2.05) is 54.8 Å². The SMILES string of the molecule is C[C@H](NC(=O)Nc1nc(-c2ccncc2)cs1)c1ccccc1.S. The Hall–Kier alpha value is -2.38. The van der Waals surface area contributed by atoms with Gasteiger partial charge in [0.05, 0.1) is 11.7 Å². The summed E-state index contributed by atoms with van der Waals surface area (Å²) in [7, 11) is 0. The molecule has 0 fully saturated rings. The average molecular weight is 358 g/mol. The second-order valence-electron chi connectivity index (χ2n) is 5.00. The summed E-state index contributed by atoms with van der Waals surface area (Å²) in [5.41, 5.74) is 2.85. The lowest BCUT2D eigenvalue weighted by Gasteiger charge is -2.14. The molecule has 124 valence electrons. The fourth-order valence-corrected chi connectivity index (χ4v) is 2.86. The topological polar surface area (TPSA) is 66.9 Å². The minimum atomic E-state index is -0.267. The predicted octanol–water partition coefficient (Wildman–Crippen LogP) is 4.20. The number of anilines is 1. The van der Waals surface area contributed by atoms with Crippen LogP contribution in [0.2, 0.25) is 0 Å². The molecule has 5 nitrogen and oxygen atoms in total.